The van der Waals surface area contributed by atoms with Crippen LogP contribution >= 0.6 is 7.82 Å². The second-order valence-electron chi connectivity index (χ2n) is 16.8. The molecule has 55 heavy (non-hydrogen) atoms. The van der Waals surface area contributed by atoms with Crippen molar-refractivity contribution in [2.45, 2.75) is 219 Å². The van der Waals surface area contributed by atoms with Gasteiger partial charge in [-0.1, -0.05) is 174 Å². The van der Waals surface area contributed by atoms with Crippen LogP contribution in [-0.2, 0) is 32.7 Å². The van der Waals surface area contributed by atoms with E-state index in [-0.39, 0.29) is 32.0 Å². The number of quaternary nitrogens is 1. The molecule has 0 rings (SSSR count). The molecule has 326 valence electrons. The van der Waals surface area contributed by atoms with E-state index in [1.165, 1.54) is 135 Å². The number of unbranched alkanes of at least 4 members (excludes halogenated alkanes) is 26. The molecule has 0 bridgehead atoms. The molecule has 0 aliphatic heterocycles. The number of allylic oxidation sites excluding steroid dienone is 2. The monoisotopic (exact) mass is 802 g/mol. The first-order valence-electron chi connectivity index (χ1n) is 22.9. The number of carbonyl (C=O) groups excluding carboxylic acids is 2. The lowest BCUT2D eigenvalue weighted by Gasteiger charge is -2.28. The van der Waals surface area contributed by atoms with Crippen LogP contribution in [0.2, 0.25) is 0 Å². The molecule has 0 saturated carbocycles. The van der Waals surface area contributed by atoms with Gasteiger partial charge < -0.3 is 27.9 Å². The zero-order valence-corrected chi connectivity index (χ0v) is 37.5. The highest BCUT2D eigenvalue weighted by atomic mass is 31.2. The molecule has 2 atom stereocenters. The van der Waals surface area contributed by atoms with Crippen molar-refractivity contribution in [3.63, 3.8) is 0 Å². The Hall–Kier alpha value is -1.25. The zero-order chi connectivity index (χ0) is 40.7. The summed E-state index contributed by atoms with van der Waals surface area (Å²) in [5, 5.41) is 0. The lowest BCUT2D eigenvalue weighted by atomic mass is 10.0. The second-order valence-corrected chi connectivity index (χ2v) is 18.2. The molecule has 0 aliphatic rings. The van der Waals surface area contributed by atoms with Gasteiger partial charge in [0.25, 0.3) is 7.82 Å². The summed E-state index contributed by atoms with van der Waals surface area (Å²) in [5.74, 6) is -0.829. The Kier molecular flexibility index (Phi) is 37.4. The van der Waals surface area contributed by atoms with Crippen LogP contribution in [0, 0.1) is 0 Å². The number of nitrogens with zero attached hydrogens (tertiary/aromatic N) is 1. The largest absolute Gasteiger partial charge is 0.756 e. The molecule has 0 amide bonds. The second kappa shape index (κ2) is 38.3. The van der Waals surface area contributed by atoms with Crippen LogP contribution in [0.5, 0.6) is 0 Å². The van der Waals surface area contributed by atoms with Crippen LogP contribution in [-0.4, -0.2) is 70.0 Å². The smallest absolute Gasteiger partial charge is 0.306 e. The van der Waals surface area contributed by atoms with Crippen LogP contribution in [0.4, 0.5) is 0 Å². The summed E-state index contributed by atoms with van der Waals surface area (Å²) in [5.41, 5.74) is 0. The Bertz CT molecular complexity index is 954. The SMILES string of the molecule is CCCCCCCC/C=C\CCCCCCCCCC(=O)O[C@H](COC(=O)CCCCCCCCCCCCCCCC)COP(=O)([O-])OCC[N+](C)(C)C. The first-order chi connectivity index (χ1) is 26.5. The molecule has 0 spiro atoms. The molecule has 1 unspecified atom stereocenters. The van der Waals surface area contributed by atoms with Gasteiger partial charge in [-0.25, -0.2) is 0 Å². The predicted molar refractivity (Wildman–Crippen MR) is 227 cm³/mol. The molecule has 0 aromatic heterocycles. The summed E-state index contributed by atoms with van der Waals surface area (Å²) in [7, 11) is 1.17. The highest BCUT2D eigenvalue weighted by Crippen LogP contribution is 2.38. The van der Waals surface area contributed by atoms with Crippen LogP contribution in [0.25, 0.3) is 0 Å². The fraction of sp³-hybridized carbons (Fsp3) is 0.911. The van der Waals surface area contributed by atoms with E-state index in [9.17, 15) is 19.0 Å². The number of phosphoric ester groups is 1. The summed E-state index contributed by atoms with van der Waals surface area (Å²) in [6.45, 7) is 4.24. The first-order valence-corrected chi connectivity index (χ1v) is 24.4. The van der Waals surface area contributed by atoms with E-state index >= 15 is 0 Å². The fourth-order valence-corrected chi connectivity index (χ4v) is 7.14. The van der Waals surface area contributed by atoms with Gasteiger partial charge in [0.2, 0.25) is 0 Å². The molecule has 0 saturated heterocycles. The molecule has 0 aromatic rings. The van der Waals surface area contributed by atoms with Gasteiger partial charge >= 0.3 is 11.9 Å². The van der Waals surface area contributed by atoms with Crippen molar-refractivity contribution in [2.75, 3.05) is 47.5 Å². The number of ether oxygens (including phenoxy) is 2. The first kappa shape index (κ1) is 53.8. The van der Waals surface area contributed by atoms with E-state index in [4.69, 9.17) is 18.5 Å². The topological polar surface area (TPSA) is 111 Å². The molecule has 10 heteroatoms. The van der Waals surface area contributed by atoms with Crippen molar-refractivity contribution < 1.29 is 42.1 Å². The summed E-state index contributed by atoms with van der Waals surface area (Å²) in [6, 6.07) is 0. The fourth-order valence-electron chi connectivity index (χ4n) is 6.41. The minimum Gasteiger partial charge on any atom is -0.756 e. The number of likely N-dealkylation sites (N-methyl/N-ethyl adjacent to an activating group) is 1. The highest BCUT2D eigenvalue weighted by Gasteiger charge is 2.21. The van der Waals surface area contributed by atoms with Crippen LogP contribution in [0.3, 0.4) is 0 Å². The normalized spacial score (nSPS) is 13.6. The molecule has 0 fully saturated rings. The van der Waals surface area contributed by atoms with E-state index in [0.717, 1.165) is 44.9 Å². The van der Waals surface area contributed by atoms with Crippen molar-refractivity contribution in [1.29, 1.82) is 0 Å². The molecule has 0 aliphatic carbocycles. The zero-order valence-electron chi connectivity index (χ0n) is 36.6. The van der Waals surface area contributed by atoms with Gasteiger partial charge in [0.15, 0.2) is 6.10 Å². The predicted octanol–water partition coefficient (Wildman–Crippen LogP) is 12.3. The summed E-state index contributed by atoms with van der Waals surface area (Å²) in [4.78, 5) is 37.5. The van der Waals surface area contributed by atoms with Gasteiger partial charge in [0.05, 0.1) is 27.7 Å². The van der Waals surface area contributed by atoms with E-state index in [1.54, 1.807) is 0 Å². The number of hydrogen-bond acceptors (Lipinski definition) is 8. The average Bonchev–Trinajstić information content (AvgIpc) is 3.13. The minimum atomic E-state index is -4.62. The Labute approximate surface area is 339 Å². The number of rotatable bonds is 42. The van der Waals surface area contributed by atoms with Crippen molar-refractivity contribution in [2.24, 2.45) is 0 Å². The van der Waals surface area contributed by atoms with Crippen molar-refractivity contribution in [1.82, 2.24) is 0 Å². The standard InChI is InChI=1S/C45H88NO8P/c1-6-8-10-12-14-16-18-20-22-23-24-26-28-30-32-34-36-38-45(48)54-43(42-53-55(49,50)52-40-39-46(3,4)5)41-51-44(47)37-35-33-31-29-27-25-21-19-17-15-13-11-9-7-2/h20,22,43H,6-19,21,23-42H2,1-5H3/b22-20-/t43-/m1/s1. The number of esters is 2. The Morgan fingerprint density at radius 1 is 0.545 bits per heavy atom. The Morgan fingerprint density at radius 3 is 1.35 bits per heavy atom. The van der Waals surface area contributed by atoms with Gasteiger partial charge in [-0.05, 0) is 38.5 Å². The molecule has 0 N–H and O–H groups in total. The van der Waals surface area contributed by atoms with Crippen LogP contribution in [0.1, 0.15) is 213 Å². The van der Waals surface area contributed by atoms with Gasteiger partial charge in [-0.3, -0.25) is 14.2 Å². The van der Waals surface area contributed by atoms with Crippen LogP contribution < -0.4 is 4.89 Å². The van der Waals surface area contributed by atoms with Gasteiger partial charge in [0, 0.05) is 12.8 Å². The minimum absolute atomic E-state index is 0.0285. The third-order valence-corrected chi connectivity index (χ3v) is 11.0. The van der Waals surface area contributed by atoms with Crippen molar-refractivity contribution in [3.8, 4) is 0 Å². The maximum absolute atomic E-state index is 12.7. The van der Waals surface area contributed by atoms with Crippen LogP contribution in [0.15, 0.2) is 12.2 Å². The maximum atomic E-state index is 12.7. The van der Waals surface area contributed by atoms with Gasteiger partial charge in [-0.15, -0.1) is 0 Å². The maximum Gasteiger partial charge on any atom is 0.306 e. The number of hydrogen-bond donors (Lipinski definition) is 0. The Balaban J connectivity index is 4.31. The summed E-state index contributed by atoms with van der Waals surface area (Å²) < 4.78 is 33.9. The van der Waals surface area contributed by atoms with Gasteiger partial charge in [-0.2, -0.15) is 0 Å². The highest BCUT2D eigenvalue weighted by molar-refractivity contribution is 7.45. The molecular formula is C45H88NO8P. The summed E-state index contributed by atoms with van der Waals surface area (Å²) >= 11 is 0. The van der Waals surface area contributed by atoms with E-state index < -0.39 is 26.5 Å². The van der Waals surface area contributed by atoms with E-state index in [0.29, 0.717) is 17.4 Å². The quantitative estimate of drug-likeness (QED) is 0.0197. The lowest BCUT2D eigenvalue weighted by molar-refractivity contribution is -0.870. The molecule has 0 radical (unpaired) electrons. The number of carbonyl (C=O) groups is 2. The molecule has 0 heterocycles. The average molecular weight is 802 g/mol. The lowest BCUT2D eigenvalue weighted by Crippen LogP contribution is -2.37. The molecule has 9 nitrogen and oxygen atoms in total. The van der Waals surface area contributed by atoms with E-state index in [2.05, 4.69) is 26.0 Å². The molecule has 0 aromatic carbocycles. The summed E-state index contributed by atoms with van der Waals surface area (Å²) in [6.07, 6.45) is 39.4. The van der Waals surface area contributed by atoms with E-state index in [1.807, 2.05) is 21.1 Å². The third-order valence-electron chi connectivity index (χ3n) is 10.0. The third kappa shape index (κ3) is 42.2. The Morgan fingerprint density at radius 2 is 0.927 bits per heavy atom. The van der Waals surface area contributed by atoms with Crippen molar-refractivity contribution >= 4 is 19.8 Å². The molecular weight excluding hydrogens is 713 g/mol. The number of phosphoric acid groups is 1. The van der Waals surface area contributed by atoms with Crippen molar-refractivity contribution in [3.05, 3.63) is 12.2 Å². The van der Waals surface area contributed by atoms with Gasteiger partial charge in [0.1, 0.15) is 19.8 Å².